The van der Waals surface area contributed by atoms with Crippen molar-refractivity contribution in [2.45, 2.75) is 25.7 Å². The molecule has 0 amide bonds. The molecule has 134 valence electrons. The van der Waals surface area contributed by atoms with E-state index in [1.807, 2.05) is 7.05 Å². The number of guanidine groups is 1. The molecule has 0 radical (unpaired) electrons. The Labute approximate surface area is 151 Å². The minimum absolute atomic E-state index is 0.771. The summed E-state index contributed by atoms with van der Waals surface area (Å²) in [4.78, 5) is 6.85. The largest absolute Gasteiger partial charge is 0.377 e. The van der Waals surface area contributed by atoms with E-state index in [4.69, 9.17) is 4.74 Å². The highest BCUT2D eigenvalue weighted by molar-refractivity contribution is 5.80. The highest BCUT2D eigenvalue weighted by Gasteiger charge is 2.17. The zero-order valence-corrected chi connectivity index (χ0v) is 15.2. The van der Waals surface area contributed by atoms with Crippen LogP contribution >= 0.6 is 0 Å². The van der Waals surface area contributed by atoms with Crippen molar-refractivity contribution in [1.82, 2.24) is 10.2 Å². The van der Waals surface area contributed by atoms with Gasteiger partial charge in [0, 0.05) is 26.7 Å². The highest BCUT2D eigenvalue weighted by Crippen LogP contribution is 2.19. The summed E-state index contributed by atoms with van der Waals surface area (Å²) in [6.45, 7) is 4.65. The van der Waals surface area contributed by atoms with E-state index in [1.54, 1.807) is 0 Å². The van der Waals surface area contributed by atoms with Crippen LogP contribution in [0.5, 0.6) is 0 Å². The quantitative estimate of drug-likeness (QED) is 0.518. The maximum absolute atomic E-state index is 5.36. The molecule has 2 aliphatic rings. The van der Waals surface area contributed by atoms with Gasteiger partial charge in [-0.25, -0.2) is 0 Å². The summed E-state index contributed by atoms with van der Waals surface area (Å²) in [6.07, 6.45) is 8.92. The Morgan fingerprint density at radius 3 is 2.68 bits per heavy atom. The fourth-order valence-electron chi connectivity index (χ4n) is 3.39. The molecule has 0 spiro atoms. The normalized spacial score (nSPS) is 18.8. The lowest BCUT2D eigenvalue weighted by molar-refractivity contribution is 0.153. The smallest absolute Gasteiger partial charge is 0.193 e. The fraction of sp³-hybridized carbons (Fsp3) is 0.476. The van der Waals surface area contributed by atoms with Gasteiger partial charge in [-0.2, -0.15) is 0 Å². The van der Waals surface area contributed by atoms with Crippen molar-refractivity contribution in [3.05, 3.63) is 53.1 Å². The second kappa shape index (κ2) is 9.42. The molecule has 0 bridgehead atoms. The molecule has 2 aliphatic heterocycles. The number of piperidine rings is 1. The average Bonchev–Trinajstić information content (AvgIpc) is 2.68. The van der Waals surface area contributed by atoms with Crippen LogP contribution < -0.4 is 5.32 Å². The third kappa shape index (κ3) is 5.46. The number of rotatable bonds is 4. The summed E-state index contributed by atoms with van der Waals surface area (Å²) < 4.78 is 5.36. The molecule has 0 unspecified atom stereocenters. The van der Waals surface area contributed by atoms with Gasteiger partial charge in [0.05, 0.1) is 13.2 Å². The average molecular weight is 339 g/mol. The van der Waals surface area contributed by atoms with Gasteiger partial charge >= 0.3 is 0 Å². The van der Waals surface area contributed by atoms with Crippen LogP contribution in [0.4, 0.5) is 0 Å². The van der Waals surface area contributed by atoms with Crippen LogP contribution in [0.15, 0.2) is 52.5 Å². The molecule has 1 N–H and O–H groups in total. The molecule has 0 aliphatic carbocycles. The fourth-order valence-corrected chi connectivity index (χ4v) is 3.39. The van der Waals surface area contributed by atoms with Gasteiger partial charge in [-0.15, -0.1) is 0 Å². The van der Waals surface area contributed by atoms with Crippen LogP contribution in [0.3, 0.4) is 0 Å². The topological polar surface area (TPSA) is 36.9 Å². The molecule has 1 aromatic rings. The lowest BCUT2D eigenvalue weighted by atomic mass is 10.0. The van der Waals surface area contributed by atoms with Gasteiger partial charge in [0.2, 0.25) is 0 Å². The molecule has 1 fully saturated rings. The molecule has 2 heterocycles. The van der Waals surface area contributed by atoms with E-state index in [1.165, 1.54) is 16.7 Å². The Morgan fingerprint density at radius 2 is 2.00 bits per heavy atom. The monoisotopic (exact) mass is 339 g/mol. The van der Waals surface area contributed by atoms with E-state index in [9.17, 15) is 0 Å². The van der Waals surface area contributed by atoms with Crippen LogP contribution in [-0.2, 0) is 4.74 Å². The molecule has 0 atom stereocenters. The molecule has 1 saturated heterocycles. The number of nitrogens with one attached hydrogen (secondary N) is 1. The molecule has 0 saturated carbocycles. The van der Waals surface area contributed by atoms with E-state index in [-0.39, 0.29) is 0 Å². The highest BCUT2D eigenvalue weighted by atomic mass is 16.5. The maximum atomic E-state index is 5.36. The van der Waals surface area contributed by atoms with E-state index in [0.717, 1.165) is 64.5 Å². The van der Waals surface area contributed by atoms with Crippen molar-refractivity contribution in [3.8, 4) is 0 Å². The Kier molecular flexibility index (Phi) is 6.69. The zero-order valence-electron chi connectivity index (χ0n) is 15.2. The third-order valence-electron chi connectivity index (χ3n) is 4.87. The van der Waals surface area contributed by atoms with Gasteiger partial charge in [-0.05, 0) is 31.2 Å². The van der Waals surface area contributed by atoms with Crippen molar-refractivity contribution in [3.63, 3.8) is 0 Å². The zero-order chi connectivity index (χ0) is 17.3. The van der Waals surface area contributed by atoms with Crippen LogP contribution in [0, 0.1) is 0 Å². The number of likely N-dealkylation sites (tertiary alicyclic amines) is 1. The maximum Gasteiger partial charge on any atom is 0.193 e. The van der Waals surface area contributed by atoms with E-state index in [2.05, 4.69) is 57.7 Å². The molecule has 4 nitrogen and oxygen atoms in total. The van der Waals surface area contributed by atoms with Crippen molar-refractivity contribution in [2.24, 2.45) is 4.99 Å². The van der Waals surface area contributed by atoms with E-state index < -0.39 is 0 Å². The van der Waals surface area contributed by atoms with Gasteiger partial charge in [0.1, 0.15) is 0 Å². The first-order valence-electron chi connectivity index (χ1n) is 9.31. The summed E-state index contributed by atoms with van der Waals surface area (Å²) in [6, 6.07) is 10.6. The van der Waals surface area contributed by atoms with Crippen LogP contribution in [0.1, 0.15) is 31.2 Å². The van der Waals surface area contributed by atoms with Crippen LogP contribution in [-0.4, -0.2) is 50.8 Å². The van der Waals surface area contributed by atoms with Crippen LogP contribution in [0.2, 0.25) is 0 Å². The lowest BCUT2D eigenvalue weighted by Crippen LogP contribution is -2.44. The Hall–Kier alpha value is -2.07. The molecule has 3 rings (SSSR count). The molecule has 0 aromatic heterocycles. The van der Waals surface area contributed by atoms with Crippen LogP contribution in [0.25, 0.3) is 6.08 Å². The number of ether oxygens (including phenoxy) is 1. The number of benzene rings is 1. The Balaban J connectivity index is 1.45. The number of hydrogen-bond donors (Lipinski definition) is 1. The predicted octanol–water partition coefficient (Wildman–Crippen LogP) is 3.48. The van der Waals surface area contributed by atoms with Gasteiger partial charge in [0.25, 0.3) is 0 Å². The molecule has 1 aromatic carbocycles. The Bertz CT molecular complexity index is 624. The summed E-state index contributed by atoms with van der Waals surface area (Å²) in [7, 11) is 1.88. The SMILES string of the molecule is CN=C(NCCC1=CCOCC1)N1CCC(=Cc2ccccc2)CC1. The van der Waals surface area contributed by atoms with Crippen molar-refractivity contribution in [1.29, 1.82) is 0 Å². The first-order chi connectivity index (χ1) is 12.3. The standard InChI is InChI=1S/C21H29N3O/c1-22-21(23-12-7-18-10-15-25-16-11-18)24-13-8-20(9-14-24)17-19-5-3-2-4-6-19/h2-6,10,17H,7-9,11-16H2,1H3,(H,22,23). The second-order valence-corrected chi connectivity index (χ2v) is 6.61. The number of nitrogens with zero attached hydrogens (tertiary/aromatic N) is 2. The predicted molar refractivity (Wildman–Crippen MR) is 105 cm³/mol. The van der Waals surface area contributed by atoms with Crippen molar-refractivity contribution >= 4 is 12.0 Å². The third-order valence-corrected chi connectivity index (χ3v) is 4.87. The van der Waals surface area contributed by atoms with Crippen molar-refractivity contribution in [2.75, 3.05) is 39.9 Å². The minimum atomic E-state index is 0.771. The van der Waals surface area contributed by atoms with Crippen molar-refractivity contribution < 1.29 is 4.74 Å². The van der Waals surface area contributed by atoms with Gasteiger partial charge in [-0.3, -0.25) is 4.99 Å². The summed E-state index contributed by atoms with van der Waals surface area (Å²) in [5.41, 5.74) is 4.34. The molecular formula is C21H29N3O. The number of aliphatic imine (C=N–C) groups is 1. The summed E-state index contributed by atoms with van der Waals surface area (Å²) in [5.74, 6) is 1.03. The van der Waals surface area contributed by atoms with Gasteiger partial charge in [-0.1, -0.05) is 53.6 Å². The first-order valence-corrected chi connectivity index (χ1v) is 9.31. The second-order valence-electron chi connectivity index (χ2n) is 6.61. The first kappa shape index (κ1) is 17.7. The molecule has 25 heavy (non-hydrogen) atoms. The number of hydrogen-bond acceptors (Lipinski definition) is 2. The molecular weight excluding hydrogens is 310 g/mol. The molecule has 4 heteroatoms. The van der Waals surface area contributed by atoms with E-state index in [0.29, 0.717) is 0 Å². The summed E-state index contributed by atoms with van der Waals surface area (Å²) in [5, 5.41) is 3.53. The minimum Gasteiger partial charge on any atom is -0.377 e. The Morgan fingerprint density at radius 1 is 1.20 bits per heavy atom. The van der Waals surface area contributed by atoms with Gasteiger partial charge in [0.15, 0.2) is 5.96 Å². The van der Waals surface area contributed by atoms with Gasteiger partial charge < -0.3 is 15.0 Å². The summed E-state index contributed by atoms with van der Waals surface area (Å²) >= 11 is 0. The van der Waals surface area contributed by atoms with E-state index >= 15 is 0 Å². The lowest BCUT2D eigenvalue weighted by Gasteiger charge is -2.31.